The van der Waals surface area contributed by atoms with Gasteiger partial charge in [0, 0.05) is 6.07 Å². The van der Waals surface area contributed by atoms with Crippen molar-refractivity contribution < 1.29 is 19.4 Å². The summed E-state index contributed by atoms with van der Waals surface area (Å²) < 4.78 is 10.6. The molecule has 1 aromatic carbocycles. The lowest BCUT2D eigenvalue weighted by Gasteiger charge is -2.12. The zero-order chi connectivity index (χ0) is 16.1. The molecule has 1 atom stereocenters. The van der Waals surface area contributed by atoms with E-state index in [1.54, 1.807) is 18.2 Å². The van der Waals surface area contributed by atoms with Gasteiger partial charge in [-0.3, -0.25) is 0 Å². The molecule has 0 saturated heterocycles. The van der Waals surface area contributed by atoms with Crippen molar-refractivity contribution in [2.45, 2.75) is 33.1 Å². The Hall–Kier alpha value is -2.01. The minimum absolute atomic E-state index is 0.0112. The van der Waals surface area contributed by atoms with E-state index in [4.69, 9.17) is 14.3 Å². The SMILES string of the molecule is CCCC(C)Cc1c(O)c2ccc(OCCO)cc2oc1=O. The average molecular weight is 306 g/mol. The number of aliphatic hydroxyl groups is 1. The number of benzene rings is 1. The van der Waals surface area contributed by atoms with Gasteiger partial charge in [-0.1, -0.05) is 26.7 Å². The third-order valence-electron chi connectivity index (χ3n) is 3.64. The normalized spacial score (nSPS) is 12.5. The van der Waals surface area contributed by atoms with Crippen LogP contribution in [0.2, 0.25) is 0 Å². The van der Waals surface area contributed by atoms with Crippen LogP contribution < -0.4 is 10.4 Å². The lowest BCUT2D eigenvalue weighted by Crippen LogP contribution is -2.12. The van der Waals surface area contributed by atoms with Gasteiger partial charge in [-0.2, -0.15) is 0 Å². The van der Waals surface area contributed by atoms with E-state index >= 15 is 0 Å². The van der Waals surface area contributed by atoms with Crippen LogP contribution in [0.3, 0.4) is 0 Å². The molecule has 22 heavy (non-hydrogen) atoms. The first-order chi connectivity index (χ1) is 10.6. The highest BCUT2D eigenvalue weighted by molar-refractivity contribution is 5.85. The highest BCUT2D eigenvalue weighted by atomic mass is 16.5. The first-order valence-electron chi connectivity index (χ1n) is 7.59. The van der Waals surface area contributed by atoms with E-state index in [-0.39, 0.29) is 24.5 Å². The van der Waals surface area contributed by atoms with E-state index in [1.165, 1.54) is 0 Å². The summed E-state index contributed by atoms with van der Waals surface area (Å²) in [6.45, 7) is 4.21. The molecule has 0 amide bonds. The molecule has 0 spiro atoms. The number of rotatable bonds is 7. The maximum Gasteiger partial charge on any atom is 0.343 e. The molecule has 2 aromatic rings. The van der Waals surface area contributed by atoms with E-state index in [9.17, 15) is 9.90 Å². The fraction of sp³-hybridized carbons (Fsp3) is 0.471. The molecule has 1 unspecified atom stereocenters. The molecular formula is C17H22O5. The molecule has 0 bridgehead atoms. The van der Waals surface area contributed by atoms with Gasteiger partial charge in [0.2, 0.25) is 0 Å². The zero-order valence-corrected chi connectivity index (χ0v) is 13.0. The second kappa shape index (κ2) is 7.31. The highest BCUT2D eigenvalue weighted by Crippen LogP contribution is 2.30. The van der Waals surface area contributed by atoms with Crippen LogP contribution in [0.1, 0.15) is 32.3 Å². The molecule has 2 rings (SSSR count). The Balaban J connectivity index is 2.39. The van der Waals surface area contributed by atoms with Crippen LogP contribution in [0.5, 0.6) is 11.5 Å². The van der Waals surface area contributed by atoms with Gasteiger partial charge in [-0.25, -0.2) is 4.79 Å². The van der Waals surface area contributed by atoms with E-state index in [2.05, 4.69) is 13.8 Å². The third-order valence-corrected chi connectivity index (χ3v) is 3.64. The van der Waals surface area contributed by atoms with Crippen LogP contribution in [0, 0.1) is 5.92 Å². The van der Waals surface area contributed by atoms with Gasteiger partial charge in [0.1, 0.15) is 23.7 Å². The van der Waals surface area contributed by atoms with Crippen molar-refractivity contribution in [3.8, 4) is 11.5 Å². The van der Waals surface area contributed by atoms with Crippen LogP contribution in [-0.4, -0.2) is 23.4 Å². The Morgan fingerprint density at radius 3 is 2.82 bits per heavy atom. The number of ether oxygens (including phenoxy) is 1. The van der Waals surface area contributed by atoms with Crippen LogP contribution in [0.15, 0.2) is 27.4 Å². The lowest BCUT2D eigenvalue weighted by molar-refractivity contribution is 0.201. The highest BCUT2D eigenvalue weighted by Gasteiger charge is 2.16. The summed E-state index contributed by atoms with van der Waals surface area (Å²) in [5.74, 6) is 0.780. The molecule has 5 heteroatoms. The molecule has 0 radical (unpaired) electrons. The third kappa shape index (κ3) is 3.60. The Labute approximate surface area is 129 Å². The summed E-state index contributed by atoms with van der Waals surface area (Å²) in [4.78, 5) is 12.1. The molecule has 0 fully saturated rings. The van der Waals surface area contributed by atoms with Crippen molar-refractivity contribution in [1.29, 1.82) is 0 Å². The molecular weight excluding hydrogens is 284 g/mol. The summed E-state index contributed by atoms with van der Waals surface area (Å²) >= 11 is 0. The van der Waals surface area contributed by atoms with E-state index in [0.29, 0.717) is 29.0 Å². The van der Waals surface area contributed by atoms with Gasteiger partial charge in [0.15, 0.2) is 0 Å². The van der Waals surface area contributed by atoms with Gasteiger partial charge >= 0.3 is 5.63 Å². The smallest absolute Gasteiger partial charge is 0.343 e. The second-order valence-corrected chi connectivity index (χ2v) is 5.54. The number of hydrogen-bond donors (Lipinski definition) is 2. The fourth-order valence-electron chi connectivity index (χ4n) is 2.58. The summed E-state index contributed by atoms with van der Waals surface area (Å²) in [5, 5.41) is 19.6. The van der Waals surface area contributed by atoms with Gasteiger partial charge in [-0.15, -0.1) is 0 Å². The van der Waals surface area contributed by atoms with Crippen molar-refractivity contribution in [3.05, 3.63) is 34.2 Å². The first kappa shape index (κ1) is 16.4. The molecule has 1 aromatic heterocycles. The monoisotopic (exact) mass is 306 g/mol. The van der Waals surface area contributed by atoms with Gasteiger partial charge in [0.25, 0.3) is 0 Å². The number of fused-ring (bicyclic) bond motifs is 1. The lowest BCUT2D eigenvalue weighted by atomic mass is 9.96. The van der Waals surface area contributed by atoms with Crippen molar-refractivity contribution in [1.82, 2.24) is 0 Å². The maximum absolute atomic E-state index is 12.1. The van der Waals surface area contributed by atoms with Crippen LogP contribution in [-0.2, 0) is 6.42 Å². The summed E-state index contributed by atoms with van der Waals surface area (Å²) in [6.07, 6.45) is 2.53. The predicted octanol–water partition coefficient (Wildman–Crippen LogP) is 2.85. The largest absolute Gasteiger partial charge is 0.507 e. The van der Waals surface area contributed by atoms with Crippen LogP contribution in [0.25, 0.3) is 11.0 Å². The quantitative estimate of drug-likeness (QED) is 0.769. The van der Waals surface area contributed by atoms with E-state index in [1.807, 2.05) is 0 Å². The Kier molecular flexibility index (Phi) is 5.44. The molecule has 0 aliphatic rings. The molecule has 0 aliphatic carbocycles. The van der Waals surface area contributed by atoms with Crippen molar-refractivity contribution in [2.75, 3.05) is 13.2 Å². The Morgan fingerprint density at radius 2 is 2.14 bits per heavy atom. The van der Waals surface area contributed by atoms with Crippen molar-refractivity contribution in [2.24, 2.45) is 5.92 Å². The molecule has 0 aliphatic heterocycles. The maximum atomic E-state index is 12.1. The van der Waals surface area contributed by atoms with E-state index < -0.39 is 5.63 Å². The molecule has 1 heterocycles. The first-order valence-corrected chi connectivity index (χ1v) is 7.59. The molecule has 0 saturated carbocycles. The van der Waals surface area contributed by atoms with Gasteiger partial charge in [-0.05, 0) is 24.5 Å². The molecule has 2 N–H and O–H groups in total. The average Bonchev–Trinajstić information content (AvgIpc) is 2.49. The summed E-state index contributed by atoms with van der Waals surface area (Å²) in [5.41, 5.74) is 0.106. The predicted molar refractivity (Wildman–Crippen MR) is 84.5 cm³/mol. The number of hydrogen-bond acceptors (Lipinski definition) is 5. The topological polar surface area (TPSA) is 79.9 Å². The second-order valence-electron chi connectivity index (χ2n) is 5.54. The molecule has 5 nitrogen and oxygen atoms in total. The van der Waals surface area contributed by atoms with Gasteiger partial charge in [0.05, 0.1) is 17.6 Å². The van der Waals surface area contributed by atoms with E-state index in [0.717, 1.165) is 12.8 Å². The molecule has 120 valence electrons. The van der Waals surface area contributed by atoms with Gasteiger partial charge < -0.3 is 19.4 Å². The number of aromatic hydroxyl groups is 1. The van der Waals surface area contributed by atoms with Crippen LogP contribution >= 0.6 is 0 Å². The summed E-state index contributed by atoms with van der Waals surface area (Å²) in [6, 6.07) is 4.89. The standard InChI is InChI=1S/C17H22O5/c1-3-4-11(2)9-14-16(19)13-6-5-12(21-8-7-18)10-15(13)22-17(14)20/h5-6,10-11,18-19H,3-4,7-9H2,1-2H3. The van der Waals surface area contributed by atoms with Crippen LogP contribution in [0.4, 0.5) is 0 Å². The zero-order valence-electron chi connectivity index (χ0n) is 13.0. The summed E-state index contributed by atoms with van der Waals surface area (Å²) in [7, 11) is 0. The fourth-order valence-corrected chi connectivity index (χ4v) is 2.58. The van der Waals surface area contributed by atoms with Crippen molar-refractivity contribution in [3.63, 3.8) is 0 Å². The minimum atomic E-state index is -0.507. The minimum Gasteiger partial charge on any atom is -0.507 e. The Morgan fingerprint density at radius 1 is 1.36 bits per heavy atom. The van der Waals surface area contributed by atoms with Crippen molar-refractivity contribution >= 4 is 11.0 Å². The number of aliphatic hydroxyl groups excluding tert-OH is 1. The Bertz CT molecular complexity index is 689.